The monoisotopic (exact) mass is 310 g/mol. The molecule has 2 bridgehead atoms. The zero-order valence-corrected chi connectivity index (χ0v) is 13.6. The van der Waals surface area contributed by atoms with Gasteiger partial charge in [-0.25, -0.2) is 0 Å². The van der Waals surface area contributed by atoms with Crippen molar-refractivity contribution in [1.82, 2.24) is 9.88 Å². The second kappa shape index (κ2) is 5.71. The average molecular weight is 310 g/mol. The molecule has 0 amide bonds. The standard InChI is InChI=1S/C19H22N2S/c1-2-13-12-21-10-8-14(13)11-18(21)19(22)16-7-9-20-17-6-4-3-5-15(16)17/h2-7,9,13-14,18-19,22H,1,8,10-12H2/t13-,14-,18-,19+/m0/s1. The van der Waals surface area contributed by atoms with Crippen molar-refractivity contribution in [3.63, 3.8) is 0 Å². The molecule has 3 fully saturated rings. The molecule has 3 saturated heterocycles. The molecule has 1 unspecified atom stereocenters. The van der Waals surface area contributed by atoms with E-state index in [1.807, 2.05) is 12.3 Å². The first kappa shape index (κ1) is 14.3. The predicted molar refractivity (Wildman–Crippen MR) is 95.2 cm³/mol. The Morgan fingerprint density at radius 3 is 2.95 bits per heavy atom. The first-order valence-corrected chi connectivity index (χ1v) is 8.68. The van der Waals surface area contributed by atoms with Gasteiger partial charge >= 0.3 is 0 Å². The molecule has 4 heterocycles. The van der Waals surface area contributed by atoms with E-state index >= 15 is 0 Å². The number of pyridine rings is 1. The average Bonchev–Trinajstić information content (AvgIpc) is 2.60. The van der Waals surface area contributed by atoms with Crippen LogP contribution in [0.4, 0.5) is 0 Å². The maximum absolute atomic E-state index is 5.04. The van der Waals surface area contributed by atoms with E-state index in [0.717, 1.165) is 18.0 Å². The molecule has 1 aromatic heterocycles. The second-order valence-corrected chi connectivity index (χ2v) is 7.16. The Labute approximate surface area is 137 Å². The van der Waals surface area contributed by atoms with Crippen LogP contribution in [0, 0.1) is 11.8 Å². The van der Waals surface area contributed by atoms with Crippen molar-refractivity contribution in [2.75, 3.05) is 13.1 Å². The molecule has 0 saturated carbocycles. The molecule has 0 spiro atoms. The summed E-state index contributed by atoms with van der Waals surface area (Å²) in [5, 5.41) is 1.49. The number of piperidine rings is 3. The summed E-state index contributed by atoms with van der Waals surface area (Å²) in [6.07, 6.45) is 6.62. The van der Waals surface area contributed by atoms with Crippen LogP contribution < -0.4 is 0 Å². The van der Waals surface area contributed by atoms with Crippen molar-refractivity contribution in [3.8, 4) is 0 Å². The highest BCUT2D eigenvalue weighted by Gasteiger charge is 2.41. The quantitative estimate of drug-likeness (QED) is 0.678. The number of hydrogen-bond acceptors (Lipinski definition) is 3. The van der Waals surface area contributed by atoms with Crippen LogP contribution in [0.15, 0.2) is 49.2 Å². The number of fused-ring (bicyclic) bond motifs is 4. The highest BCUT2D eigenvalue weighted by Crippen LogP contribution is 2.44. The van der Waals surface area contributed by atoms with E-state index in [9.17, 15) is 0 Å². The molecular weight excluding hydrogens is 288 g/mol. The normalized spacial score (nSPS) is 32.0. The van der Waals surface area contributed by atoms with Gasteiger partial charge in [0, 0.05) is 29.4 Å². The molecule has 22 heavy (non-hydrogen) atoms. The van der Waals surface area contributed by atoms with Gasteiger partial charge in [-0.1, -0.05) is 24.3 Å². The van der Waals surface area contributed by atoms with Crippen molar-refractivity contribution in [2.45, 2.75) is 24.1 Å². The van der Waals surface area contributed by atoms with Crippen molar-refractivity contribution in [1.29, 1.82) is 0 Å². The number of benzene rings is 1. The van der Waals surface area contributed by atoms with Gasteiger partial charge in [-0.05, 0) is 48.9 Å². The predicted octanol–water partition coefficient (Wildman–Crippen LogP) is 4.10. The highest BCUT2D eigenvalue weighted by atomic mass is 32.1. The van der Waals surface area contributed by atoms with Gasteiger partial charge < -0.3 is 0 Å². The van der Waals surface area contributed by atoms with E-state index in [4.69, 9.17) is 12.6 Å². The van der Waals surface area contributed by atoms with Crippen LogP contribution in [-0.2, 0) is 0 Å². The molecule has 0 aliphatic carbocycles. The second-order valence-electron chi connectivity index (χ2n) is 6.61. The Morgan fingerprint density at radius 2 is 2.18 bits per heavy atom. The van der Waals surface area contributed by atoms with Crippen LogP contribution in [0.2, 0.25) is 0 Å². The number of aromatic nitrogens is 1. The molecule has 2 nitrogen and oxygen atoms in total. The molecule has 3 aliphatic rings. The fraction of sp³-hybridized carbons (Fsp3) is 0.421. The summed E-state index contributed by atoms with van der Waals surface area (Å²) in [5.41, 5.74) is 2.39. The van der Waals surface area contributed by atoms with Gasteiger partial charge in [0.25, 0.3) is 0 Å². The summed E-state index contributed by atoms with van der Waals surface area (Å²) >= 11 is 5.04. The molecule has 114 valence electrons. The zero-order chi connectivity index (χ0) is 15.1. The van der Waals surface area contributed by atoms with Gasteiger partial charge in [0.2, 0.25) is 0 Å². The lowest BCUT2D eigenvalue weighted by atomic mass is 9.74. The SMILES string of the molecule is C=C[C@H]1CN2CC[C@H]1C[C@H]2[C@H](S)c1ccnc2ccccc12. The van der Waals surface area contributed by atoms with E-state index in [-0.39, 0.29) is 5.25 Å². The van der Waals surface area contributed by atoms with Crippen molar-refractivity contribution >= 4 is 23.5 Å². The highest BCUT2D eigenvalue weighted by molar-refractivity contribution is 7.80. The van der Waals surface area contributed by atoms with E-state index < -0.39 is 0 Å². The Bertz CT molecular complexity index is 693. The lowest BCUT2D eigenvalue weighted by Crippen LogP contribution is -2.54. The lowest BCUT2D eigenvalue weighted by molar-refractivity contribution is 0.0185. The van der Waals surface area contributed by atoms with Crippen molar-refractivity contribution < 1.29 is 0 Å². The van der Waals surface area contributed by atoms with E-state index in [1.165, 1.54) is 30.3 Å². The summed E-state index contributed by atoms with van der Waals surface area (Å²) < 4.78 is 0. The minimum absolute atomic E-state index is 0.251. The van der Waals surface area contributed by atoms with Gasteiger partial charge in [0.1, 0.15) is 0 Å². The summed E-state index contributed by atoms with van der Waals surface area (Å²) in [5.74, 6) is 1.45. The molecule has 3 aliphatic heterocycles. The zero-order valence-electron chi connectivity index (χ0n) is 12.7. The summed E-state index contributed by atoms with van der Waals surface area (Å²) in [6.45, 7) is 6.38. The fourth-order valence-corrected chi connectivity index (χ4v) is 4.82. The van der Waals surface area contributed by atoms with Gasteiger partial charge in [0.15, 0.2) is 0 Å². The Kier molecular flexibility index (Phi) is 3.71. The minimum Gasteiger partial charge on any atom is -0.298 e. The first-order chi connectivity index (χ1) is 10.8. The fourth-order valence-electron chi connectivity index (χ4n) is 4.29. The number of hydrogen-bond donors (Lipinski definition) is 1. The minimum atomic E-state index is 0.251. The van der Waals surface area contributed by atoms with Gasteiger partial charge in [-0.2, -0.15) is 12.6 Å². The van der Waals surface area contributed by atoms with Crippen LogP contribution >= 0.6 is 12.6 Å². The van der Waals surface area contributed by atoms with Crippen molar-refractivity contribution in [2.24, 2.45) is 11.8 Å². The number of nitrogens with zero attached hydrogens (tertiary/aromatic N) is 2. The van der Waals surface area contributed by atoms with Crippen LogP contribution in [-0.4, -0.2) is 29.0 Å². The van der Waals surface area contributed by atoms with Crippen LogP contribution in [0.1, 0.15) is 23.7 Å². The maximum Gasteiger partial charge on any atom is 0.0705 e. The molecule has 0 radical (unpaired) electrons. The third-order valence-corrected chi connectivity index (χ3v) is 6.14. The Hall–Kier alpha value is -1.32. The van der Waals surface area contributed by atoms with Crippen molar-refractivity contribution in [3.05, 3.63) is 54.7 Å². The van der Waals surface area contributed by atoms with Crippen LogP contribution in [0.25, 0.3) is 10.9 Å². The molecular formula is C19H22N2S. The van der Waals surface area contributed by atoms with E-state index in [1.54, 1.807) is 0 Å². The van der Waals surface area contributed by atoms with Crippen LogP contribution in [0.3, 0.4) is 0 Å². The maximum atomic E-state index is 5.04. The van der Waals surface area contributed by atoms with Gasteiger partial charge in [-0.15, -0.1) is 6.58 Å². The molecule has 2 aromatic rings. The third kappa shape index (κ3) is 2.27. The molecule has 5 rings (SSSR count). The number of para-hydroxylation sites is 1. The first-order valence-electron chi connectivity index (χ1n) is 8.16. The lowest BCUT2D eigenvalue weighted by Gasteiger charge is -2.51. The molecule has 0 N–H and O–H groups in total. The number of thiol groups is 1. The molecule has 3 heteroatoms. The summed E-state index contributed by atoms with van der Waals surface area (Å²) in [7, 11) is 0. The Balaban J connectivity index is 1.67. The van der Waals surface area contributed by atoms with Gasteiger partial charge in [-0.3, -0.25) is 9.88 Å². The third-order valence-electron chi connectivity index (χ3n) is 5.52. The molecule has 1 aromatic carbocycles. The smallest absolute Gasteiger partial charge is 0.0705 e. The largest absolute Gasteiger partial charge is 0.298 e. The topological polar surface area (TPSA) is 16.1 Å². The van der Waals surface area contributed by atoms with Gasteiger partial charge in [0.05, 0.1) is 5.52 Å². The molecule has 5 atom stereocenters. The summed E-state index contributed by atoms with van der Waals surface area (Å²) in [4.78, 5) is 7.11. The Morgan fingerprint density at radius 1 is 1.32 bits per heavy atom. The van der Waals surface area contributed by atoms with E-state index in [2.05, 4.69) is 46.8 Å². The van der Waals surface area contributed by atoms with Crippen LogP contribution in [0.5, 0.6) is 0 Å². The number of rotatable bonds is 3. The summed E-state index contributed by atoms with van der Waals surface area (Å²) in [6, 6.07) is 11.1. The van der Waals surface area contributed by atoms with E-state index in [0.29, 0.717) is 12.0 Å².